The molecule has 10 nitrogen and oxygen atoms in total. The molecule has 1 atom stereocenters. The van der Waals surface area contributed by atoms with Gasteiger partial charge in [0.2, 0.25) is 5.75 Å². The molecule has 0 fully saturated rings. The summed E-state index contributed by atoms with van der Waals surface area (Å²) >= 11 is 1.35. The quantitative estimate of drug-likeness (QED) is 0.191. The lowest BCUT2D eigenvalue weighted by atomic mass is 9.95. The van der Waals surface area contributed by atoms with E-state index in [0.717, 1.165) is 16.7 Å². The minimum atomic E-state index is -0.878. The molecule has 0 saturated carbocycles. The summed E-state index contributed by atoms with van der Waals surface area (Å²) in [7, 11) is 3.11. The molecule has 0 bridgehead atoms. The SMILES string of the molecule is COc1c(OC(C)C)cc2c(c1OC)-c1ccc(SC)c(=O)cc1[C@@H](NC(=O)c1cccc(CO[N+](=O)[O-])c1)CC2. The number of hydrogen-bond acceptors (Lipinski definition) is 9. The number of nitrogens with zero attached hydrogens (tertiary/aromatic N) is 1. The van der Waals surface area contributed by atoms with Crippen molar-refractivity contribution in [1.29, 1.82) is 0 Å². The van der Waals surface area contributed by atoms with Crippen molar-refractivity contribution in [2.24, 2.45) is 0 Å². The Kier molecular flexibility index (Phi) is 9.38. The van der Waals surface area contributed by atoms with Crippen LogP contribution >= 0.6 is 11.8 Å². The lowest BCUT2D eigenvalue weighted by Crippen LogP contribution is -2.29. The van der Waals surface area contributed by atoms with Crippen LogP contribution < -0.4 is 25.0 Å². The first-order chi connectivity index (χ1) is 19.7. The highest BCUT2D eigenvalue weighted by Crippen LogP contribution is 2.50. The molecule has 11 heteroatoms. The van der Waals surface area contributed by atoms with Gasteiger partial charge in [-0.25, -0.2) is 0 Å². The second-order valence-electron chi connectivity index (χ2n) is 9.68. The molecule has 0 spiro atoms. The number of rotatable bonds is 10. The standard InChI is InChI=1S/C30H32N2O8S/c1-17(2)40-25-14-19-9-11-23(31-30(34)20-8-6-7-18(13-20)16-39-32(35)36)22-15-24(33)26(41-5)12-10-21(22)27(19)29(38-4)28(25)37-3/h6-8,10,12-15,17,23H,9,11,16H2,1-5H3,(H,31,34)/t23-/m0/s1. The molecule has 1 amide bonds. The summed E-state index contributed by atoms with van der Waals surface area (Å²) in [5.41, 5.74) is 3.72. The molecule has 41 heavy (non-hydrogen) atoms. The monoisotopic (exact) mass is 580 g/mol. The summed E-state index contributed by atoms with van der Waals surface area (Å²) in [5.74, 6) is 1.09. The van der Waals surface area contributed by atoms with E-state index >= 15 is 0 Å². The fourth-order valence-corrected chi connectivity index (χ4v) is 5.44. The third-order valence-electron chi connectivity index (χ3n) is 6.69. The minimum Gasteiger partial charge on any atom is -0.492 e. The van der Waals surface area contributed by atoms with Gasteiger partial charge in [-0.15, -0.1) is 21.9 Å². The molecule has 216 valence electrons. The van der Waals surface area contributed by atoms with Crippen LogP contribution in [0.15, 0.2) is 58.2 Å². The van der Waals surface area contributed by atoms with Gasteiger partial charge in [0.25, 0.3) is 11.0 Å². The number of hydrogen-bond donors (Lipinski definition) is 1. The highest BCUT2D eigenvalue weighted by Gasteiger charge is 2.30. The Labute approximate surface area is 242 Å². The van der Waals surface area contributed by atoms with Crippen molar-refractivity contribution in [2.75, 3.05) is 20.5 Å². The van der Waals surface area contributed by atoms with Crippen molar-refractivity contribution >= 4 is 17.7 Å². The van der Waals surface area contributed by atoms with E-state index in [2.05, 4.69) is 10.2 Å². The molecular weight excluding hydrogens is 548 g/mol. The van der Waals surface area contributed by atoms with Gasteiger partial charge in [-0.05, 0) is 85.5 Å². The summed E-state index contributed by atoms with van der Waals surface area (Å²) in [6.45, 7) is 3.58. The first kappa shape index (κ1) is 29.7. The van der Waals surface area contributed by atoms with Crippen LogP contribution in [0.4, 0.5) is 0 Å². The zero-order chi connectivity index (χ0) is 29.7. The number of aryl methyl sites for hydroxylation is 1. The number of thioether (sulfide) groups is 1. The van der Waals surface area contributed by atoms with Gasteiger partial charge in [-0.2, -0.15) is 0 Å². The van der Waals surface area contributed by atoms with E-state index in [9.17, 15) is 19.7 Å². The second-order valence-corrected chi connectivity index (χ2v) is 10.5. The third kappa shape index (κ3) is 6.57. The van der Waals surface area contributed by atoms with E-state index in [1.54, 1.807) is 50.6 Å². The largest absolute Gasteiger partial charge is 0.492 e. The van der Waals surface area contributed by atoms with Crippen LogP contribution in [0.3, 0.4) is 0 Å². The molecule has 3 aromatic rings. The number of amides is 1. The number of benzene rings is 2. The maximum atomic E-state index is 13.5. The van der Waals surface area contributed by atoms with Crippen molar-refractivity contribution < 1.29 is 28.9 Å². The molecule has 1 aliphatic carbocycles. The number of nitrogens with one attached hydrogen (secondary N) is 1. The van der Waals surface area contributed by atoms with E-state index in [4.69, 9.17) is 14.2 Å². The van der Waals surface area contributed by atoms with E-state index in [0.29, 0.717) is 51.7 Å². The highest BCUT2D eigenvalue weighted by molar-refractivity contribution is 7.98. The van der Waals surface area contributed by atoms with Gasteiger partial charge in [0.05, 0.1) is 31.3 Å². The normalized spacial score (nSPS) is 13.9. The van der Waals surface area contributed by atoms with Crippen molar-refractivity contribution in [3.8, 4) is 28.4 Å². The predicted molar refractivity (Wildman–Crippen MR) is 156 cm³/mol. The zero-order valence-electron chi connectivity index (χ0n) is 23.5. The van der Waals surface area contributed by atoms with Crippen LogP contribution in [-0.2, 0) is 17.9 Å². The van der Waals surface area contributed by atoms with Gasteiger partial charge in [-0.3, -0.25) is 9.59 Å². The minimum absolute atomic E-state index is 0.103. The van der Waals surface area contributed by atoms with Crippen molar-refractivity contribution in [3.05, 3.63) is 91.1 Å². The fourth-order valence-electron chi connectivity index (χ4n) is 4.98. The first-order valence-electron chi connectivity index (χ1n) is 13.0. The summed E-state index contributed by atoms with van der Waals surface area (Å²) in [6.07, 6.45) is 2.77. The summed E-state index contributed by atoms with van der Waals surface area (Å²) in [6, 6.07) is 13.1. The van der Waals surface area contributed by atoms with Gasteiger partial charge in [0, 0.05) is 11.1 Å². The van der Waals surface area contributed by atoms with Crippen LogP contribution in [0, 0.1) is 10.1 Å². The Hall–Kier alpha value is -4.25. The predicted octanol–water partition coefficient (Wildman–Crippen LogP) is 5.37. The maximum absolute atomic E-state index is 13.5. The van der Waals surface area contributed by atoms with Crippen LogP contribution in [0.1, 0.15) is 53.4 Å². The lowest BCUT2D eigenvalue weighted by molar-refractivity contribution is -0.763. The molecular formula is C30H32N2O8S. The Bertz CT molecular complexity index is 1530. The zero-order valence-corrected chi connectivity index (χ0v) is 24.3. The topological polar surface area (TPSA) is 126 Å². The fraction of sp³-hybridized carbons (Fsp3) is 0.333. The van der Waals surface area contributed by atoms with E-state index in [1.807, 2.05) is 32.2 Å². The summed E-state index contributed by atoms with van der Waals surface area (Å²) in [5, 5.41) is 12.8. The average Bonchev–Trinajstić information content (AvgIpc) is 3.19. The van der Waals surface area contributed by atoms with Crippen LogP contribution in [0.2, 0.25) is 0 Å². The Morgan fingerprint density at radius 1 is 1.12 bits per heavy atom. The van der Waals surface area contributed by atoms with Crippen molar-refractivity contribution in [2.45, 2.75) is 50.3 Å². The van der Waals surface area contributed by atoms with E-state index < -0.39 is 11.1 Å². The van der Waals surface area contributed by atoms with Gasteiger partial charge >= 0.3 is 0 Å². The van der Waals surface area contributed by atoms with Crippen molar-refractivity contribution in [3.63, 3.8) is 0 Å². The van der Waals surface area contributed by atoms with Crippen molar-refractivity contribution in [1.82, 2.24) is 5.32 Å². The van der Waals surface area contributed by atoms with E-state index in [-0.39, 0.29) is 24.0 Å². The molecule has 0 aliphatic heterocycles. The molecule has 1 N–H and O–H groups in total. The molecule has 1 aliphatic rings. The highest BCUT2D eigenvalue weighted by atomic mass is 32.2. The Morgan fingerprint density at radius 3 is 2.54 bits per heavy atom. The van der Waals surface area contributed by atoms with Crippen LogP contribution in [0.5, 0.6) is 17.2 Å². The molecule has 3 aromatic carbocycles. The van der Waals surface area contributed by atoms with Gasteiger partial charge in [0.15, 0.2) is 16.9 Å². The molecule has 0 radical (unpaired) electrons. The molecule has 4 rings (SSSR count). The van der Waals surface area contributed by atoms with Crippen LogP contribution in [0.25, 0.3) is 11.1 Å². The first-order valence-corrected chi connectivity index (χ1v) is 14.2. The second kappa shape index (κ2) is 12.9. The van der Waals surface area contributed by atoms with E-state index in [1.165, 1.54) is 11.8 Å². The maximum Gasteiger partial charge on any atom is 0.294 e. The van der Waals surface area contributed by atoms with Gasteiger partial charge in [0.1, 0.15) is 6.61 Å². The summed E-state index contributed by atoms with van der Waals surface area (Å²) in [4.78, 5) is 42.3. The third-order valence-corrected chi connectivity index (χ3v) is 7.47. The smallest absolute Gasteiger partial charge is 0.294 e. The van der Waals surface area contributed by atoms with Gasteiger partial charge < -0.3 is 24.4 Å². The number of carbonyl (C=O) groups is 1. The molecule has 0 saturated heterocycles. The molecule has 0 aromatic heterocycles. The Balaban J connectivity index is 1.84. The van der Waals surface area contributed by atoms with Crippen LogP contribution in [-0.4, -0.2) is 37.6 Å². The summed E-state index contributed by atoms with van der Waals surface area (Å²) < 4.78 is 17.7. The average molecular weight is 581 g/mol. The lowest BCUT2D eigenvalue weighted by Gasteiger charge is -2.21. The number of methoxy groups -OCH3 is 2. The molecule has 0 unspecified atom stereocenters. The number of ether oxygens (including phenoxy) is 3. The van der Waals surface area contributed by atoms with Gasteiger partial charge in [-0.1, -0.05) is 18.2 Å². The number of carbonyl (C=O) groups excluding carboxylic acids is 1. The number of fused-ring (bicyclic) bond motifs is 3. The molecule has 0 heterocycles. The Morgan fingerprint density at radius 2 is 1.88 bits per heavy atom.